The van der Waals surface area contributed by atoms with Crippen LogP contribution in [0.5, 0.6) is 5.75 Å². The van der Waals surface area contributed by atoms with Gasteiger partial charge < -0.3 is 9.84 Å². The highest BCUT2D eigenvalue weighted by Gasteiger charge is 2.27. The number of nitrogens with zero attached hydrogens (tertiary/aromatic N) is 1. The van der Waals surface area contributed by atoms with Crippen molar-refractivity contribution in [3.63, 3.8) is 0 Å². The Morgan fingerprint density at radius 2 is 2.31 bits per heavy atom. The van der Waals surface area contributed by atoms with E-state index in [4.69, 9.17) is 9.84 Å². The second-order valence-corrected chi connectivity index (χ2v) is 4.19. The van der Waals surface area contributed by atoms with Gasteiger partial charge in [-0.05, 0) is 18.2 Å². The molecule has 6 heteroatoms. The highest BCUT2D eigenvalue weighted by molar-refractivity contribution is 9.10. The summed E-state index contributed by atoms with van der Waals surface area (Å²) in [6.45, 7) is -0.479. The Bertz CT molecular complexity index is 460. The Labute approximate surface area is 99.7 Å². The van der Waals surface area contributed by atoms with Crippen molar-refractivity contribution < 1.29 is 19.4 Å². The van der Waals surface area contributed by atoms with E-state index in [0.717, 1.165) is 4.47 Å². The van der Waals surface area contributed by atoms with Crippen molar-refractivity contribution in [2.24, 2.45) is 0 Å². The lowest BCUT2D eigenvalue weighted by Gasteiger charge is -2.28. The predicted octanol–water partition coefficient (Wildman–Crippen LogP) is 1.26. The molecular formula is C10H8BrNO4. The fraction of sp³-hybridized carbons (Fsp3) is 0.200. The summed E-state index contributed by atoms with van der Waals surface area (Å²) in [6, 6.07) is 5.09. The molecular weight excluding hydrogens is 278 g/mol. The number of carboxylic acid groups (broad SMARTS) is 1. The molecule has 0 saturated carbocycles. The highest BCUT2D eigenvalue weighted by atomic mass is 79.9. The molecule has 84 valence electrons. The van der Waals surface area contributed by atoms with Crippen LogP contribution in [0.1, 0.15) is 0 Å². The molecule has 1 N–H and O–H groups in total. The summed E-state index contributed by atoms with van der Waals surface area (Å²) in [7, 11) is 0. The fourth-order valence-corrected chi connectivity index (χ4v) is 1.83. The van der Waals surface area contributed by atoms with Crippen LogP contribution in [0, 0.1) is 0 Å². The van der Waals surface area contributed by atoms with Crippen molar-refractivity contribution in [1.82, 2.24) is 0 Å². The summed E-state index contributed by atoms with van der Waals surface area (Å²) in [4.78, 5) is 23.4. The van der Waals surface area contributed by atoms with Crippen LogP contribution in [0.2, 0.25) is 0 Å². The smallest absolute Gasteiger partial charge is 0.323 e. The normalized spacial score (nSPS) is 14.3. The molecule has 5 nitrogen and oxygen atoms in total. The molecule has 0 aromatic heterocycles. The van der Waals surface area contributed by atoms with Crippen LogP contribution in [0.15, 0.2) is 22.7 Å². The molecule has 2 rings (SSSR count). The number of carbonyl (C=O) groups is 2. The van der Waals surface area contributed by atoms with Gasteiger partial charge in [-0.25, -0.2) is 0 Å². The number of carbonyl (C=O) groups excluding carboxylic acids is 1. The van der Waals surface area contributed by atoms with Gasteiger partial charge in [0, 0.05) is 4.47 Å². The third-order valence-corrected chi connectivity index (χ3v) is 2.65. The van der Waals surface area contributed by atoms with E-state index in [2.05, 4.69) is 15.9 Å². The molecule has 1 aromatic carbocycles. The van der Waals surface area contributed by atoms with Crippen molar-refractivity contribution in [3.8, 4) is 5.75 Å². The molecule has 0 unspecified atom stereocenters. The molecule has 1 aliphatic rings. The van der Waals surface area contributed by atoms with Gasteiger partial charge in [0.1, 0.15) is 12.3 Å². The molecule has 0 atom stereocenters. The van der Waals surface area contributed by atoms with Crippen molar-refractivity contribution >= 4 is 33.5 Å². The van der Waals surface area contributed by atoms with Gasteiger partial charge in [0.25, 0.3) is 5.91 Å². The topological polar surface area (TPSA) is 66.8 Å². The van der Waals surface area contributed by atoms with Gasteiger partial charge in [-0.3, -0.25) is 14.5 Å². The zero-order valence-corrected chi connectivity index (χ0v) is 9.73. The van der Waals surface area contributed by atoms with Crippen LogP contribution >= 0.6 is 15.9 Å². The lowest BCUT2D eigenvalue weighted by atomic mass is 10.2. The molecule has 0 saturated heterocycles. The fourth-order valence-electron chi connectivity index (χ4n) is 1.49. The van der Waals surface area contributed by atoms with Crippen LogP contribution in [0.4, 0.5) is 5.69 Å². The van der Waals surface area contributed by atoms with Crippen molar-refractivity contribution in [3.05, 3.63) is 22.7 Å². The minimum atomic E-state index is -1.05. The first kappa shape index (κ1) is 10.9. The zero-order chi connectivity index (χ0) is 11.7. The molecule has 0 spiro atoms. The Morgan fingerprint density at radius 3 is 3.00 bits per heavy atom. The van der Waals surface area contributed by atoms with E-state index in [-0.39, 0.29) is 19.1 Å². The number of aliphatic carboxylic acids is 1. The minimum Gasteiger partial charge on any atom is -0.482 e. The van der Waals surface area contributed by atoms with Gasteiger partial charge in [-0.2, -0.15) is 0 Å². The largest absolute Gasteiger partial charge is 0.482 e. The van der Waals surface area contributed by atoms with Crippen molar-refractivity contribution in [1.29, 1.82) is 0 Å². The van der Waals surface area contributed by atoms with E-state index in [0.29, 0.717) is 11.4 Å². The van der Waals surface area contributed by atoms with Crippen LogP contribution in [-0.2, 0) is 9.59 Å². The average molecular weight is 286 g/mol. The van der Waals surface area contributed by atoms with Crippen molar-refractivity contribution in [2.75, 3.05) is 18.1 Å². The standard InChI is InChI=1S/C10H8BrNO4/c11-6-1-2-7-8(3-6)16-5-9(13)12(7)4-10(14)15/h1-3H,4-5H2,(H,14,15). The first-order valence-electron chi connectivity index (χ1n) is 4.52. The maximum absolute atomic E-state index is 11.5. The van der Waals surface area contributed by atoms with E-state index in [9.17, 15) is 9.59 Å². The predicted molar refractivity (Wildman–Crippen MR) is 59.6 cm³/mol. The number of benzene rings is 1. The maximum Gasteiger partial charge on any atom is 0.323 e. The lowest BCUT2D eigenvalue weighted by molar-refractivity contribution is -0.137. The van der Waals surface area contributed by atoms with Crippen molar-refractivity contribution in [2.45, 2.75) is 0 Å². The van der Waals surface area contributed by atoms with Gasteiger partial charge in [0.2, 0.25) is 0 Å². The van der Waals surface area contributed by atoms with Gasteiger partial charge in [0.05, 0.1) is 5.69 Å². The quantitative estimate of drug-likeness (QED) is 0.888. The molecule has 0 aliphatic carbocycles. The number of halogens is 1. The summed E-state index contributed by atoms with van der Waals surface area (Å²) in [6.07, 6.45) is 0. The SMILES string of the molecule is O=C(O)CN1C(=O)COc2cc(Br)ccc21. The zero-order valence-electron chi connectivity index (χ0n) is 8.14. The Kier molecular flexibility index (Phi) is 2.82. The Hall–Kier alpha value is -1.56. The van der Waals surface area contributed by atoms with E-state index < -0.39 is 5.97 Å². The summed E-state index contributed by atoms with van der Waals surface area (Å²) in [5, 5.41) is 8.72. The second-order valence-electron chi connectivity index (χ2n) is 3.27. The van der Waals surface area contributed by atoms with Crippen LogP contribution in [-0.4, -0.2) is 30.1 Å². The number of hydrogen-bond acceptors (Lipinski definition) is 3. The third kappa shape index (κ3) is 2.01. The number of hydrogen-bond donors (Lipinski definition) is 1. The van der Waals surface area contributed by atoms with E-state index >= 15 is 0 Å². The molecule has 0 radical (unpaired) electrons. The summed E-state index contributed by atoms with van der Waals surface area (Å²) >= 11 is 3.28. The van der Waals surface area contributed by atoms with Crippen LogP contribution in [0.3, 0.4) is 0 Å². The number of anilines is 1. The average Bonchev–Trinajstić information content (AvgIpc) is 2.22. The van der Waals surface area contributed by atoms with Gasteiger partial charge in [-0.1, -0.05) is 15.9 Å². The van der Waals surface area contributed by atoms with E-state index in [1.165, 1.54) is 4.90 Å². The first-order chi connectivity index (χ1) is 7.58. The molecule has 0 fully saturated rings. The monoisotopic (exact) mass is 285 g/mol. The molecule has 16 heavy (non-hydrogen) atoms. The van der Waals surface area contributed by atoms with Gasteiger partial charge in [0.15, 0.2) is 6.61 Å². The second kappa shape index (κ2) is 4.13. The lowest BCUT2D eigenvalue weighted by Crippen LogP contribution is -2.41. The van der Waals surface area contributed by atoms with E-state index in [1.54, 1.807) is 18.2 Å². The summed E-state index contributed by atoms with van der Waals surface area (Å²) < 4.78 is 6.03. The molecule has 1 aromatic rings. The Balaban J connectivity index is 2.40. The molecule has 1 aliphatic heterocycles. The number of fused-ring (bicyclic) bond motifs is 1. The number of ether oxygens (including phenoxy) is 1. The first-order valence-corrected chi connectivity index (χ1v) is 5.32. The number of carboxylic acids is 1. The Morgan fingerprint density at radius 1 is 1.56 bits per heavy atom. The number of amides is 1. The van der Waals surface area contributed by atoms with Crippen LogP contribution in [0.25, 0.3) is 0 Å². The third-order valence-electron chi connectivity index (χ3n) is 2.16. The van der Waals surface area contributed by atoms with Crippen LogP contribution < -0.4 is 9.64 Å². The molecule has 0 bridgehead atoms. The molecule has 1 heterocycles. The number of rotatable bonds is 2. The maximum atomic E-state index is 11.5. The van der Waals surface area contributed by atoms with E-state index in [1.807, 2.05) is 0 Å². The van der Waals surface area contributed by atoms with Gasteiger partial charge in [-0.15, -0.1) is 0 Å². The summed E-state index contributed by atoms with van der Waals surface area (Å²) in [5.74, 6) is -0.892. The van der Waals surface area contributed by atoms with Gasteiger partial charge >= 0.3 is 5.97 Å². The molecule has 1 amide bonds. The minimum absolute atomic E-state index is 0.128. The summed E-state index contributed by atoms with van der Waals surface area (Å²) in [5.41, 5.74) is 0.488. The highest BCUT2D eigenvalue weighted by Crippen LogP contribution is 2.34.